The molecule has 2 bridgehead atoms. The summed E-state index contributed by atoms with van der Waals surface area (Å²) in [6.45, 7) is -1.60. The SMILES string of the molecule is O=C/C=C/N1C[C@@H]2C[C@H]1CN2c1ccc2ncnc(Nc3cc(Cl)c(OC(F)F)cc3F)c2n1. The molecule has 1 aromatic carbocycles. The van der Waals surface area contributed by atoms with Crippen molar-refractivity contribution in [3.8, 4) is 5.75 Å². The number of rotatable bonds is 7. The molecule has 0 saturated carbocycles. The molecule has 0 unspecified atom stereocenters. The molecule has 2 aliphatic rings. The molecule has 3 aromatic rings. The molecule has 2 saturated heterocycles. The van der Waals surface area contributed by atoms with Crippen molar-refractivity contribution in [2.75, 3.05) is 23.3 Å². The first-order valence-corrected chi connectivity index (χ1v) is 10.8. The second-order valence-corrected chi connectivity index (χ2v) is 8.30. The van der Waals surface area contributed by atoms with Gasteiger partial charge in [0.1, 0.15) is 35.5 Å². The van der Waals surface area contributed by atoms with Gasteiger partial charge in [-0.2, -0.15) is 8.78 Å². The minimum absolute atomic E-state index is 0.0725. The van der Waals surface area contributed by atoms with Crippen LogP contribution in [-0.2, 0) is 4.79 Å². The number of halogens is 4. The summed E-state index contributed by atoms with van der Waals surface area (Å²) in [4.78, 5) is 28.1. The number of benzene rings is 1. The average Bonchev–Trinajstić information content (AvgIpc) is 3.41. The second-order valence-electron chi connectivity index (χ2n) is 7.90. The van der Waals surface area contributed by atoms with Crippen molar-refractivity contribution in [2.45, 2.75) is 25.1 Å². The van der Waals surface area contributed by atoms with Gasteiger partial charge in [0, 0.05) is 37.4 Å². The standard InChI is InChI=1S/C22H18ClF3N6O2/c23-14-7-17(15(24)8-18(14)34-22(25)26)29-21-20-16(27-11-28-21)2-3-19(30-20)32-10-12-6-13(32)9-31(12)4-1-5-33/h1-5,7-8,11-13,22H,6,9-10H2,(H,27,28,29)/b4-1+/t12-,13-/m0/s1. The molecule has 2 aliphatic heterocycles. The Kier molecular flexibility index (Phi) is 5.86. The average molecular weight is 491 g/mol. The largest absolute Gasteiger partial charge is 0.433 e. The molecule has 176 valence electrons. The van der Waals surface area contributed by atoms with Gasteiger partial charge >= 0.3 is 6.61 Å². The number of hydrogen-bond acceptors (Lipinski definition) is 8. The van der Waals surface area contributed by atoms with Crippen molar-refractivity contribution in [2.24, 2.45) is 0 Å². The van der Waals surface area contributed by atoms with Crippen molar-refractivity contribution in [1.29, 1.82) is 0 Å². The van der Waals surface area contributed by atoms with Crippen LogP contribution in [0.3, 0.4) is 0 Å². The first-order valence-electron chi connectivity index (χ1n) is 10.4. The van der Waals surface area contributed by atoms with E-state index in [0.29, 0.717) is 11.0 Å². The number of carbonyl (C=O) groups excluding carboxylic acids is 1. The lowest BCUT2D eigenvalue weighted by Gasteiger charge is -2.34. The minimum atomic E-state index is -3.13. The van der Waals surface area contributed by atoms with Gasteiger partial charge in [0.15, 0.2) is 5.82 Å². The lowest BCUT2D eigenvalue weighted by molar-refractivity contribution is -0.104. The number of piperazine rings is 1. The summed E-state index contributed by atoms with van der Waals surface area (Å²) in [5.41, 5.74) is 0.894. The van der Waals surface area contributed by atoms with Gasteiger partial charge in [-0.05, 0) is 30.7 Å². The molecule has 0 aliphatic carbocycles. The van der Waals surface area contributed by atoms with Gasteiger partial charge in [-0.25, -0.2) is 19.3 Å². The first kappa shape index (κ1) is 22.2. The first-order chi connectivity index (χ1) is 16.4. The Labute approximate surface area is 197 Å². The van der Waals surface area contributed by atoms with Crippen LogP contribution in [0.25, 0.3) is 11.0 Å². The Bertz CT molecular complexity index is 1280. The van der Waals surface area contributed by atoms with Crippen molar-refractivity contribution < 1.29 is 22.7 Å². The summed E-state index contributed by atoms with van der Waals surface area (Å²) < 4.78 is 43.8. The topological polar surface area (TPSA) is 83.5 Å². The number of allylic oxidation sites excluding steroid dienone is 1. The Morgan fingerprint density at radius 3 is 2.79 bits per heavy atom. The fourth-order valence-electron chi connectivity index (χ4n) is 4.43. The van der Waals surface area contributed by atoms with Gasteiger partial charge in [-0.15, -0.1) is 0 Å². The monoisotopic (exact) mass is 490 g/mol. The Morgan fingerprint density at radius 2 is 2.06 bits per heavy atom. The quantitative estimate of drug-likeness (QED) is 0.391. The number of ether oxygens (including phenoxy) is 1. The van der Waals surface area contributed by atoms with E-state index in [0.717, 1.165) is 43.7 Å². The van der Waals surface area contributed by atoms with Crippen molar-refractivity contribution in [3.63, 3.8) is 0 Å². The van der Waals surface area contributed by atoms with Crippen LogP contribution in [0.5, 0.6) is 5.75 Å². The van der Waals surface area contributed by atoms with Crippen molar-refractivity contribution in [1.82, 2.24) is 19.9 Å². The number of anilines is 3. The zero-order chi connectivity index (χ0) is 23.8. The number of hydrogen-bond donors (Lipinski definition) is 1. The summed E-state index contributed by atoms with van der Waals surface area (Å²) >= 11 is 5.97. The van der Waals surface area contributed by atoms with E-state index in [2.05, 4.69) is 29.8 Å². The van der Waals surface area contributed by atoms with Crippen LogP contribution >= 0.6 is 11.6 Å². The van der Waals surface area contributed by atoms with Gasteiger partial charge in [-0.1, -0.05) is 11.6 Å². The number of pyridine rings is 1. The molecule has 4 heterocycles. The van der Waals surface area contributed by atoms with E-state index in [-0.39, 0.29) is 28.6 Å². The molecule has 5 rings (SSSR count). The summed E-state index contributed by atoms with van der Waals surface area (Å²) in [5, 5.41) is 2.65. The molecule has 34 heavy (non-hydrogen) atoms. The summed E-state index contributed by atoms with van der Waals surface area (Å²) in [6, 6.07) is 6.14. The third kappa shape index (κ3) is 4.18. The molecular formula is C22H18ClF3N6O2. The number of fused-ring (bicyclic) bond motifs is 3. The van der Waals surface area contributed by atoms with Gasteiger partial charge < -0.3 is 19.9 Å². The number of nitrogens with one attached hydrogen (secondary N) is 1. The van der Waals surface area contributed by atoms with Gasteiger partial charge in [-0.3, -0.25) is 4.79 Å². The maximum atomic E-state index is 14.6. The van der Waals surface area contributed by atoms with Crippen LogP contribution in [0.15, 0.2) is 42.9 Å². The number of nitrogens with zero attached hydrogens (tertiary/aromatic N) is 5. The third-order valence-corrected chi connectivity index (χ3v) is 6.19. The van der Waals surface area contributed by atoms with Crippen molar-refractivity contribution >= 4 is 46.2 Å². The number of alkyl halides is 2. The predicted octanol–water partition coefficient (Wildman–Crippen LogP) is 4.14. The summed E-state index contributed by atoms with van der Waals surface area (Å²) in [6.07, 6.45) is 6.34. The number of aldehydes is 1. The smallest absolute Gasteiger partial charge is 0.387 e. The molecule has 0 amide bonds. The zero-order valence-electron chi connectivity index (χ0n) is 17.5. The minimum Gasteiger partial charge on any atom is -0.433 e. The molecule has 0 spiro atoms. The number of aromatic nitrogens is 3. The normalized spacial score (nSPS) is 19.6. The van der Waals surface area contributed by atoms with Crippen LogP contribution in [0.1, 0.15) is 6.42 Å². The third-order valence-electron chi connectivity index (χ3n) is 5.89. The van der Waals surface area contributed by atoms with Crippen LogP contribution in [0.4, 0.5) is 30.5 Å². The number of likely N-dealkylation sites (tertiary alicyclic amines) is 1. The fourth-order valence-corrected chi connectivity index (χ4v) is 4.63. The van der Waals surface area contributed by atoms with E-state index >= 15 is 0 Å². The maximum Gasteiger partial charge on any atom is 0.387 e. The number of carbonyl (C=O) groups is 1. The summed E-state index contributed by atoms with van der Waals surface area (Å²) in [5.74, 6) is -0.336. The lowest BCUT2D eigenvalue weighted by Crippen LogP contribution is -2.44. The molecule has 0 radical (unpaired) electrons. The predicted molar refractivity (Wildman–Crippen MR) is 120 cm³/mol. The second kappa shape index (κ2) is 8.98. The molecular weight excluding hydrogens is 473 g/mol. The van der Waals surface area contributed by atoms with E-state index in [1.54, 1.807) is 0 Å². The maximum absolute atomic E-state index is 14.6. The highest BCUT2D eigenvalue weighted by atomic mass is 35.5. The van der Waals surface area contributed by atoms with Crippen LogP contribution in [0, 0.1) is 5.82 Å². The highest BCUT2D eigenvalue weighted by molar-refractivity contribution is 6.32. The Hall–Kier alpha value is -3.60. The van der Waals surface area contributed by atoms with Crippen LogP contribution < -0.4 is 15.0 Å². The Morgan fingerprint density at radius 1 is 1.21 bits per heavy atom. The fraction of sp³-hybridized carbons (Fsp3) is 0.273. The van der Waals surface area contributed by atoms with E-state index < -0.39 is 18.2 Å². The van der Waals surface area contributed by atoms with Gasteiger partial charge in [0.25, 0.3) is 0 Å². The van der Waals surface area contributed by atoms with Gasteiger partial charge in [0.2, 0.25) is 0 Å². The van der Waals surface area contributed by atoms with E-state index in [4.69, 9.17) is 16.6 Å². The molecule has 2 atom stereocenters. The highest BCUT2D eigenvalue weighted by Gasteiger charge is 2.42. The molecule has 2 aromatic heterocycles. The Balaban J connectivity index is 1.42. The lowest BCUT2D eigenvalue weighted by atomic mass is 10.2. The van der Waals surface area contributed by atoms with E-state index in [1.165, 1.54) is 12.4 Å². The van der Waals surface area contributed by atoms with E-state index in [9.17, 15) is 18.0 Å². The molecule has 12 heteroatoms. The van der Waals surface area contributed by atoms with Crippen molar-refractivity contribution in [3.05, 3.63) is 53.7 Å². The zero-order valence-corrected chi connectivity index (χ0v) is 18.3. The van der Waals surface area contributed by atoms with Gasteiger partial charge in [0.05, 0.1) is 16.2 Å². The van der Waals surface area contributed by atoms with Crippen LogP contribution in [-0.4, -0.2) is 57.9 Å². The van der Waals surface area contributed by atoms with E-state index in [1.807, 2.05) is 18.3 Å². The highest BCUT2D eigenvalue weighted by Crippen LogP contribution is 2.36. The molecule has 2 fully saturated rings. The molecule has 1 N–H and O–H groups in total. The molecule has 8 nitrogen and oxygen atoms in total. The van der Waals surface area contributed by atoms with Crippen LogP contribution in [0.2, 0.25) is 5.02 Å². The summed E-state index contributed by atoms with van der Waals surface area (Å²) in [7, 11) is 0.